The molecule has 0 amide bonds. The highest BCUT2D eigenvalue weighted by molar-refractivity contribution is 5.62. The fourth-order valence-corrected chi connectivity index (χ4v) is 3.13. The zero-order chi connectivity index (χ0) is 15.4. The molecule has 0 saturated heterocycles. The Morgan fingerprint density at radius 2 is 1.91 bits per heavy atom. The van der Waals surface area contributed by atoms with Gasteiger partial charge in [0.15, 0.2) is 0 Å². The van der Waals surface area contributed by atoms with Gasteiger partial charge >= 0.3 is 0 Å². The lowest BCUT2D eigenvalue weighted by molar-refractivity contribution is 0.00468. The van der Waals surface area contributed by atoms with Crippen LogP contribution >= 0.6 is 0 Å². The Hall–Kier alpha value is -1.72. The van der Waals surface area contributed by atoms with E-state index in [4.69, 9.17) is 0 Å². The molecule has 1 aliphatic carbocycles. The molecule has 1 aromatic heterocycles. The summed E-state index contributed by atoms with van der Waals surface area (Å²) in [4.78, 5) is 0. The van der Waals surface area contributed by atoms with Crippen molar-refractivity contribution in [3.05, 3.63) is 41.8 Å². The molecule has 0 aliphatic heterocycles. The van der Waals surface area contributed by atoms with Crippen LogP contribution in [0.3, 0.4) is 0 Å². The molecule has 0 spiro atoms. The van der Waals surface area contributed by atoms with E-state index in [-0.39, 0.29) is 5.82 Å². The molecular weight excluding hydrogens is 281 g/mol. The second kappa shape index (κ2) is 6.58. The van der Waals surface area contributed by atoms with E-state index in [0.717, 1.165) is 42.5 Å². The quantitative estimate of drug-likeness (QED) is 0.796. The van der Waals surface area contributed by atoms with Gasteiger partial charge in [0.2, 0.25) is 0 Å². The van der Waals surface area contributed by atoms with E-state index in [1.54, 1.807) is 18.3 Å². The number of nitrogens with zero attached hydrogens (tertiary/aromatic N) is 1. The summed E-state index contributed by atoms with van der Waals surface area (Å²) >= 11 is 0. The molecule has 1 aromatic carbocycles. The summed E-state index contributed by atoms with van der Waals surface area (Å²) in [5.74, 6) is -0.248. The van der Waals surface area contributed by atoms with E-state index < -0.39 is 5.60 Å². The van der Waals surface area contributed by atoms with Crippen LogP contribution in [0.5, 0.6) is 0 Å². The van der Waals surface area contributed by atoms with Crippen LogP contribution < -0.4 is 5.32 Å². The lowest BCUT2D eigenvalue weighted by Gasteiger charge is -2.32. The Labute approximate surface area is 129 Å². The van der Waals surface area contributed by atoms with Crippen LogP contribution in [0.15, 0.2) is 30.5 Å². The number of aromatic amines is 1. The summed E-state index contributed by atoms with van der Waals surface area (Å²) in [5, 5.41) is 20.9. The summed E-state index contributed by atoms with van der Waals surface area (Å²) < 4.78 is 13.0. The number of H-pyrrole nitrogens is 1. The minimum Gasteiger partial charge on any atom is -0.389 e. The first kappa shape index (κ1) is 15.2. The molecule has 1 heterocycles. The van der Waals surface area contributed by atoms with Crippen LogP contribution in [0.4, 0.5) is 4.39 Å². The zero-order valence-electron chi connectivity index (χ0n) is 12.6. The largest absolute Gasteiger partial charge is 0.389 e. The highest BCUT2D eigenvalue weighted by atomic mass is 19.1. The van der Waals surface area contributed by atoms with Crippen molar-refractivity contribution < 1.29 is 9.50 Å². The Balaban J connectivity index is 1.62. The summed E-state index contributed by atoms with van der Waals surface area (Å²) in [6.45, 7) is 1.23. The molecule has 1 fully saturated rings. The lowest BCUT2D eigenvalue weighted by Crippen LogP contribution is -2.41. The van der Waals surface area contributed by atoms with E-state index in [1.807, 2.05) is 0 Å². The third-order valence-electron chi connectivity index (χ3n) is 4.40. The normalized spacial score (nSPS) is 17.5. The lowest BCUT2D eigenvalue weighted by atomic mass is 9.85. The molecule has 5 heteroatoms. The number of nitrogens with one attached hydrogen (secondary N) is 2. The highest BCUT2D eigenvalue weighted by Gasteiger charge is 2.28. The molecule has 0 radical (unpaired) electrons. The summed E-state index contributed by atoms with van der Waals surface area (Å²) in [6, 6.07) is 6.36. The molecule has 2 aromatic rings. The van der Waals surface area contributed by atoms with Gasteiger partial charge in [-0.15, -0.1) is 0 Å². The van der Waals surface area contributed by atoms with Gasteiger partial charge in [-0.25, -0.2) is 4.39 Å². The van der Waals surface area contributed by atoms with Crippen molar-refractivity contribution in [2.75, 3.05) is 6.54 Å². The molecule has 4 nitrogen and oxygen atoms in total. The second-order valence-electron chi connectivity index (χ2n) is 6.17. The van der Waals surface area contributed by atoms with Crippen molar-refractivity contribution >= 4 is 0 Å². The molecule has 22 heavy (non-hydrogen) atoms. The summed E-state index contributed by atoms with van der Waals surface area (Å²) in [7, 11) is 0. The molecule has 3 rings (SSSR count). The Bertz CT molecular complexity index is 603. The number of hydrogen-bond acceptors (Lipinski definition) is 3. The molecule has 1 aliphatic rings. The van der Waals surface area contributed by atoms with Crippen LogP contribution in [-0.2, 0) is 6.54 Å². The maximum atomic E-state index is 13.0. The molecule has 0 bridgehead atoms. The summed E-state index contributed by atoms with van der Waals surface area (Å²) in [6.07, 6.45) is 6.94. The zero-order valence-corrected chi connectivity index (χ0v) is 12.6. The fourth-order valence-electron chi connectivity index (χ4n) is 3.13. The van der Waals surface area contributed by atoms with Crippen molar-refractivity contribution in [2.45, 2.75) is 44.2 Å². The molecule has 0 unspecified atom stereocenters. The van der Waals surface area contributed by atoms with E-state index in [0.29, 0.717) is 13.1 Å². The smallest absolute Gasteiger partial charge is 0.123 e. The SMILES string of the molecule is OC1(CNCc2cn[nH]c2-c2ccc(F)cc2)CCCCC1. The van der Waals surface area contributed by atoms with Crippen molar-refractivity contribution in [1.29, 1.82) is 0 Å². The Kier molecular flexibility index (Phi) is 4.55. The van der Waals surface area contributed by atoms with E-state index in [9.17, 15) is 9.50 Å². The van der Waals surface area contributed by atoms with E-state index in [2.05, 4.69) is 15.5 Å². The molecular formula is C17H22FN3O. The van der Waals surface area contributed by atoms with Crippen LogP contribution in [0.1, 0.15) is 37.7 Å². The van der Waals surface area contributed by atoms with Crippen molar-refractivity contribution in [2.24, 2.45) is 0 Å². The molecule has 1 saturated carbocycles. The van der Waals surface area contributed by atoms with E-state index in [1.165, 1.54) is 18.6 Å². The maximum Gasteiger partial charge on any atom is 0.123 e. The number of aliphatic hydroxyl groups is 1. The van der Waals surface area contributed by atoms with Gasteiger partial charge in [0.05, 0.1) is 17.5 Å². The number of hydrogen-bond donors (Lipinski definition) is 3. The van der Waals surface area contributed by atoms with Crippen LogP contribution in [0.2, 0.25) is 0 Å². The van der Waals surface area contributed by atoms with Crippen molar-refractivity contribution in [3.8, 4) is 11.3 Å². The standard InChI is InChI=1S/C17H22FN3O/c18-15-6-4-13(5-7-15)16-14(11-20-21-16)10-19-12-17(22)8-2-1-3-9-17/h4-7,11,19,22H,1-3,8-10,12H2,(H,20,21). The van der Waals surface area contributed by atoms with Gasteiger partial charge in [-0.3, -0.25) is 5.10 Å². The molecule has 0 atom stereocenters. The van der Waals surface area contributed by atoms with Gasteiger partial charge in [-0.1, -0.05) is 19.3 Å². The molecule has 118 valence electrons. The number of aromatic nitrogens is 2. The van der Waals surface area contributed by atoms with E-state index >= 15 is 0 Å². The van der Waals surface area contributed by atoms with Gasteiger partial charge < -0.3 is 10.4 Å². The number of halogens is 1. The van der Waals surface area contributed by atoms with Crippen LogP contribution in [0, 0.1) is 5.82 Å². The topological polar surface area (TPSA) is 60.9 Å². The molecule has 3 N–H and O–H groups in total. The number of benzene rings is 1. The van der Waals surface area contributed by atoms with Gasteiger partial charge in [-0.2, -0.15) is 5.10 Å². The van der Waals surface area contributed by atoms with Gasteiger partial charge in [0.1, 0.15) is 5.82 Å². The predicted octanol–water partition coefficient (Wildman–Crippen LogP) is 3.00. The van der Waals surface area contributed by atoms with Gasteiger partial charge in [-0.05, 0) is 37.1 Å². The maximum absolute atomic E-state index is 13.0. The monoisotopic (exact) mass is 303 g/mol. The van der Waals surface area contributed by atoms with Gasteiger partial charge in [0, 0.05) is 24.2 Å². The van der Waals surface area contributed by atoms with Crippen molar-refractivity contribution in [1.82, 2.24) is 15.5 Å². The van der Waals surface area contributed by atoms with Gasteiger partial charge in [0.25, 0.3) is 0 Å². The second-order valence-corrected chi connectivity index (χ2v) is 6.17. The third kappa shape index (κ3) is 3.54. The van der Waals surface area contributed by atoms with Crippen LogP contribution in [0.25, 0.3) is 11.3 Å². The Morgan fingerprint density at radius 3 is 2.64 bits per heavy atom. The first-order valence-corrected chi connectivity index (χ1v) is 7.88. The summed E-state index contributed by atoms with van der Waals surface area (Å²) in [5.41, 5.74) is 2.25. The number of rotatable bonds is 5. The van der Waals surface area contributed by atoms with Crippen molar-refractivity contribution in [3.63, 3.8) is 0 Å². The highest BCUT2D eigenvalue weighted by Crippen LogP contribution is 2.27. The third-order valence-corrected chi connectivity index (χ3v) is 4.40. The van der Waals surface area contributed by atoms with Crippen LogP contribution in [-0.4, -0.2) is 27.4 Å². The Morgan fingerprint density at radius 1 is 1.18 bits per heavy atom. The first-order valence-electron chi connectivity index (χ1n) is 7.88. The first-order chi connectivity index (χ1) is 10.7. The minimum absolute atomic E-state index is 0.248. The predicted molar refractivity (Wildman–Crippen MR) is 83.7 cm³/mol. The fraction of sp³-hybridized carbons (Fsp3) is 0.471. The average Bonchev–Trinajstić information content (AvgIpc) is 2.97. The average molecular weight is 303 g/mol. The minimum atomic E-state index is -0.571.